The molecule has 3 N–H and O–H groups in total. The smallest absolute Gasteiger partial charge is 0.248 e. The van der Waals surface area contributed by atoms with Gasteiger partial charge in [0, 0.05) is 46.1 Å². The number of aliphatic imine (C=N–C) groups is 1. The summed E-state index contributed by atoms with van der Waals surface area (Å²) in [6.45, 7) is 0.184. The molecule has 0 atom stereocenters. The molecule has 0 aliphatic heterocycles. The van der Waals surface area contributed by atoms with Crippen LogP contribution in [0.2, 0.25) is 10.0 Å². The summed E-state index contributed by atoms with van der Waals surface area (Å²) < 4.78 is 26.7. The van der Waals surface area contributed by atoms with Gasteiger partial charge in [-0.15, -0.1) is 0 Å². The molecule has 0 radical (unpaired) electrons. The fourth-order valence-electron chi connectivity index (χ4n) is 4.03. The van der Waals surface area contributed by atoms with Gasteiger partial charge in [0.1, 0.15) is 0 Å². The molecule has 35 heavy (non-hydrogen) atoms. The summed E-state index contributed by atoms with van der Waals surface area (Å²) in [5.74, 6) is -3.61. The van der Waals surface area contributed by atoms with Crippen molar-refractivity contribution in [3.63, 3.8) is 0 Å². The maximum absolute atomic E-state index is 13.3. The molecule has 0 bridgehead atoms. The first kappa shape index (κ1) is 25.1. The Kier molecular flexibility index (Phi) is 7.67. The van der Waals surface area contributed by atoms with Crippen LogP contribution >= 0.6 is 23.2 Å². The van der Waals surface area contributed by atoms with E-state index in [1.807, 2.05) is 42.5 Å². The molecule has 1 aliphatic rings. The number of nitrogens with two attached hydrogens (primary N) is 1. The minimum absolute atomic E-state index is 0.0536. The highest BCUT2D eigenvalue weighted by molar-refractivity contribution is 6.31. The normalized spacial score (nSPS) is 16.2. The van der Waals surface area contributed by atoms with E-state index in [1.54, 1.807) is 18.3 Å². The monoisotopic (exact) mass is 516 g/mol. The number of rotatable bonds is 5. The molecular formula is C26H24Cl2F2N4O. The highest BCUT2D eigenvalue weighted by atomic mass is 35.5. The second-order valence-corrected chi connectivity index (χ2v) is 9.45. The third-order valence-corrected chi connectivity index (χ3v) is 6.49. The molecule has 1 fully saturated rings. The largest absolute Gasteiger partial charge is 0.370 e. The van der Waals surface area contributed by atoms with E-state index in [9.17, 15) is 13.6 Å². The minimum Gasteiger partial charge on any atom is -0.370 e. The minimum atomic E-state index is -2.69. The van der Waals surface area contributed by atoms with Crippen LogP contribution in [0.5, 0.6) is 0 Å². The summed E-state index contributed by atoms with van der Waals surface area (Å²) in [4.78, 5) is 21.3. The van der Waals surface area contributed by atoms with Gasteiger partial charge in [0.15, 0.2) is 5.96 Å². The number of pyridine rings is 1. The molecule has 4 rings (SSSR count). The molecule has 182 valence electrons. The number of benzene rings is 2. The lowest BCUT2D eigenvalue weighted by atomic mass is 9.86. The number of amides is 1. The van der Waals surface area contributed by atoms with Crippen LogP contribution in [0, 0.1) is 5.92 Å². The zero-order valence-electron chi connectivity index (χ0n) is 18.8. The molecule has 1 aliphatic carbocycles. The van der Waals surface area contributed by atoms with Crippen molar-refractivity contribution in [2.75, 3.05) is 0 Å². The summed E-state index contributed by atoms with van der Waals surface area (Å²) in [6.07, 6.45) is 1.38. The van der Waals surface area contributed by atoms with Gasteiger partial charge < -0.3 is 5.73 Å². The summed E-state index contributed by atoms with van der Waals surface area (Å²) >= 11 is 12.1. The quantitative estimate of drug-likeness (QED) is 0.300. The van der Waals surface area contributed by atoms with Crippen LogP contribution in [0.1, 0.15) is 31.2 Å². The second kappa shape index (κ2) is 10.7. The SMILES string of the molecule is NC(=NCc1cnc(-c2ccc(Cl)cc2)c(-c2ccc(Cl)cc2)c1)NC(=O)C1CCC(F)(F)CC1. The number of alkyl halides is 2. The molecule has 0 unspecified atom stereocenters. The Balaban J connectivity index is 1.52. The maximum atomic E-state index is 13.3. The van der Waals surface area contributed by atoms with Gasteiger partial charge >= 0.3 is 0 Å². The van der Waals surface area contributed by atoms with E-state index in [4.69, 9.17) is 28.9 Å². The first-order valence-electron chi connectivity index (χ1n) is 11.2. The van der Waals surface area contributed by atoms with Crippen molar-refractivity contribution in [1.29, 1.82) is 0 Å². The first-order valence-corrected chi connectivity index (χ1v) is 12.0. The number of aromatic nitrogens is 1. The molecule has 9 heteroatoms. The van der Waals surface area contributed by atoms with Crippen molar-refractivity contribution >= 4 is 35.1 Å². The zero-order valence-corrected chi connectivity index (χ0v) is 20.3. The van der Waals surface area contributed by atoms with Crippen molar-refractivity contribution < 1.29 is 13.6 Å². The lowest BCUT2D eigenvalue weighted by Crippen LogP contribution is -2.42. The summed E-state index contributed by atoms with van der Waals surface area (Å²) in [5.41, 5.74) is 10.2. The Bertz CT molecular complexity index is 1220. The average molecular weight is 517 g/mol. The maximum Gasteiger partial charge on any atom is 0.248 e. The third kappa shape index (κ3) is 6.55. The number of hydrogen-bond acceptors (Lipinski definition) is 3. The Morgan fingerprint density at radius 1 is 1.03 bits per heavy atom. The Morgan fingerprint density at radius 3 is 2.20 bits per heavy atom. The van der Waals surface area contributed by atoms with Gasteiger partial charge in [0.25, 0.3) is 0 Å². The van der Waals surface area contributed by atoms with Crippen LogP contribution in [-0.2, 0) is 11.3 Å². The molecule has 1 saturated carbocycles. The number of carbonyl (C=O) groups excluding carboxylic acids is 1. The Hall–Kier alpha value is -3.03. The van der Waals surface area contributed by atoms with Gasteiger partial charge in [-0.25, -0.2) is 13.8 Å². The lowest BCUT2D eigenvalue weighted by Gasteiger charge is -2.27. The number of hydrogen-bond donors (Lipinski definition) is 2. The predicted octanol–water partition coefficient (Wildman–Crippen LogP) is 6.48. The van der Waals surface area contributed by atoms with E-state index >= 15 is 0 Å². The van der Waals surface area contributed by atoms with Gasteiger partial charge in [-0.1, -0.05) is 47.5 Å². The van der Waals surface area contributed by atoms with Crippen molar-refractivity contribution in [2.24, 2.45) is 16.6 Å². The van der Waals surface area contributed by atoms with Crippen LogP contribution < -0.4 is 11.1 Å². The van der Waals surface area contributed by atoms with E-state index in [0.29, 0.717) is 10.0 Å². The van der Waals surface area contributed by atoms with Crippen LogP contribution in [0.4, 0.5) is 8.78 Å². The van der Waals surface area contributed by atoms with E-state index in [-0.39, 0.29) is 44.1 Å². The highest BCUT2D eigenvalue weighted by Gasteiger charge is 2.37. The van der Waals surface area contributed by atoms with Crippen molar-refractivity contribution in [2.45, 2.75) is 38.2 Å². The molecule has 0 saturated heterocycles. The van der Waals surface area contributed by atoms with Crippen molar-refractivity contribution in [3.8, 4) is 22.4 Å². The van der Waals surface area contributed by atoms with E-state index in [1.165, 1.54) is 0 Å². The summed E-state index contributed by atoms with van der Waals surface area (Å²) in [6, 6.07) is 16.8. The van der Waals surface area contributed by atoms with Gasteiger partial charge in [-0.2, -0.15) is 0 Å². The predicted molar refractivity (Wildman–Crippen MR) is 136 cm³/mol. The molecule has 3 aromatic rings. The molecule has 0 spiro atoms. The topological polar surface area (TPSA) is 80.4 Å². The Labute approximate surface area is 212 Å². The standard InChI is InChI=1S/C26H24Cl2F2N4O/c27-20-5-1-17(2-6-20)22-13-16(14-32-23(22)18-3-7-21(28)8-4-18)15-33-25(31)34-24(35)19-9-11-26(29,30)12-10-19/h1-8,13-14,19H,9-12,15H2,(H3,31,33,34,35). The van der Waals surface area contributed by atoms with E-state index < -0.39 is 11.8 Å². The van der Waals surface area contributed by atoms with Crippen molar-refractivity contribution in [3.05, 3.63) is 76.4 Å². The molecule has 5 nitrogen and oxygen atoms in total. The highest BCUT2D eigenvalue weighted by Crippen LogP contribution is 2.36. The molecular weight excluding hydrogens is 493 g/mol. The molecule has 2 aromatic carbocycles. The fourth-order valence-corrected chi connectivity index (χ4v) is 4.28. The Morgan fingerprint density at radius 2 is 1.60 bits per heavy atom. The van der Waals surface area contributed by atoms with Gasteiger partial charge in [-0.05, 0) is 54.3 Å². The van der Waals surface area contributed by atoms with Gasteiger partial charge in [-0.3, -0.25) is 15.1 Å². The number of nitrogens with zero attached hydrogens (tertiary/aromatic N) is 2. The zero-order chi connectivity index (χ0) is 25.0. The summed E-state index contributed by atoms with van der Waals surface area (Å²) in [7, 11) is 0. The number of guanidine groups is 1. The van der Waals surface area contributed by atoms with Crippen LogP contribution in [0.3, 0.4) is 0 Å². The number of halogens is 4. The van der Waals surface area contributed by atoms with Gasteiger partial charge in [0.2, 0.25) is 11.8 Å². The lowest BCUT2D eigenvalue weighted by molar-refractivity contribution is -0.127. The van der Waals surface area contributed by atoms with Gasteiger partial charge in [0.05, 0.1) is 12.2 Å². The number of carbonyl (C=O) groups is 1. The van der Waals surface area contributed by atoms with Crippen LogP contribution in [0.15, 0.2) is 65.8 Å². The van der Waals surface area contributed by atoms with Crippen molar-refractivity contribution in [1.82, 2.24) is 10.3 Å². The molecule has 1 aromatic heterocycles. The average Bonchev–Trinajstić information content (AvgIpc) is 2.83. The fraction of sp³-hybridized carbons (Fsp3) is 0.269. The third-order valence-electron chi connectivity index (χ3n) is 5.99. The van der Waals surface area contributed by atoms with E-state index in [2.05, 4.69) is 15.3 Å². The van der Waals surface area contributed by atoms with E-state index in [0.717, 1.165) is 27.9 Å². The second-order valence-electron chi connectivity index (χ2n) is 8.57. The number of nitrogens with one attached hydrogen (secondary N) is 1. The molecule has 1 amide bonds. The summed E-state index contributed by atoms with van der Waals surface area (Å²) in [5, 5.41) is 3.80. The first-order chi connectivity index (χ1) is 16.7. The van der Waals surface area contributed by atoms with Crippen LogP contribution in [0.25, 0.3) is 22.4 Å². The molecule has 1 heterocycles. The van der Waals surface area contributed by atoms with Crippen LogP contribution in [-0.4, -0.2) is 22.8 Å².